The molecule has 1 aromatic rings. The molecule has 42 heavy (non-hydrogen) atoms. The molecule has 240 valence electrons. The molecule has 0 amide bonds. The number of aryl methyl sites for hydroxylation is 1. The number of rotatable bonds is 15. The Hall–Kier alpha value is -2.24. The molecule has 1 aromatic carbocycles. The molecule has 0 spiro atoms. The van der Waals surface area contributed by atoms with E-state index < -0.39 is 0 Å². The summed E-state index contributed by atoms with van der Waals surface area (Å²) in [5.74, 6) is 2.79. The van der Waals surface area contributed by atoms with E-state index in [-0.39, 0.29) is 5.78 Å². The zero-order valence-corrected chi connectivity index (χ0v) is 29.1. The summed E-state index contributed by atoms with van der Waals surface area (Å²) in [6.45, 7) is 19.1. The van der Waals surface area contributed by atoms with Gasteiger partial charge >= 0.3 is 0 Å². The molecule has 3 unspecified atom stereocenters. The maximum absolute atomic E-state index is 10.3. The molecule has 1 aliphatic rings. The van der Waals surface area contributed by atoms with Gasteiger partial charge < -0.3 is 19.3 Å². The van der Waals surface area contributed by atoms with E-state index in [1.54, 1.807) is 6.92 Å². The van der Waals surface area contributed by atoms with Gasteiger partial charge in [-0.25, -0.2) is 0 Å². The van der Waals surface area contributed by atoms with E-state index in [0.29, 0.717) is 30.6 Å². The average Bonchev–Trinajstić information content (AvgIpc) is 2.94. The number of carbonyl (C=O) groups is 2. The smallest absolute Gasteiger partial charge is 0.131 e. The normalized spacial score (nSPS) is 16.9. The summed E-state index contributed by atoms with van der Waals surface area (Å²) >= 11 is 0. The summed E-state index contributed by atoms with van der Waals surface area (Å²) in [5, 5.41) is 0. The number of nitrogens with zero attached hydrogens (tertiary/aromatic N) is 2. The molecule has 5 nitrogen and oxygen atoms in total. The zero-order valence-electron chi connectivity index (χ0n) is 29.1. The number of unbranched alkanes of at least 4 members (excludes halogenated alkanes) is 2. The number of aldehydes is 1. The molecule has 2 rings (SSSR count). The summed E-state index contributed by atoms with van der Waals surface area (Å²) in [4.78, 5) is 24.0. The molecule has 1 aliphatic carbocycles. The number of allylic oxidation sites excluding steroid dienone is 3. The quantitative estimate of drug-likeness (QED) is 0.117. The van der Waals surface area contributed by atoms with Gasteiger partial charge in [0.1, 0.15) is 17.8 Å². The third-order valence-electron chi connectivity index (χ3n) is 7.98. The Balaban J connectivity index is 0.000000920. The van der Waals surface area contributed by atoms with Crippen molar-refractivity contribution < 1.29 is 14.3 Å². The minimum absolute atomic E-state index is 0.263. The van der Waals surface area contributed by atoms with Gasteiger partial charge in [-0.05, 0) is 110 Å². The van der Waals surface area contributed by atoms with Crippen molar-refractivity contribution >= 4 is 12.1 Å². The highest BCUT2D eigenvalue weighted by Gasteiger charge is 2.31. The van der Waals surface area contributed by atoms with Crippen LogP contribution in [0.25, 0.3) is 0 Å². The second kappa shape index (κ2) is 22.3. The van der Waals surface area contributed by atoms with E-state index in [1.807, 2.05) is 45.1 Å². The summed E-state index contributed by atoms with van der Waals surface area (Å²) in [5.41, 5.74) is 7.14. The number of ether oxygens (including phenoxy) is 1. The maximum Gasteiger partial charge on any atom is 0.131 e. The lowest BCUT2D eigenvalue weighted by molar-refractivity contribution is -0.117. The van der Waals surface area contributed by atoms with E-state index >= 15 is 0 Å². The van der Waals surface area contributed by atoms with E-state index in [1.165, 1.54) is 59.9 Å². The fourth-order valence-electron chi connectivity index (χ4n) is 5.18. The van der Waals surface area contributed by atoms with Crippen LogP contribution < -0.4 is 4.74 Å². The van der Waals surface area contributed by atoms with Gasteiger partial charge in [-0.3, -0.25) is 4.79 Å². The van der Waals surface area contributed by atoms with Gasteiger partial charge in [0.2, 0.25) is 0 Å². The molecule has 0 fully saturated rings. The highest BCUT2D eigenvalue weighted by atomic mass is 16.5. The first-order valence-corrected chi connectivity index (χ1v) is 16.1. The van der Waals surface area contributed by atoms with E-state index in [4.69, 9.17) is 4.74 Å². The number of hydrogen-bond acceptors (Lipinski definition) is 5. The van der Waals surface area contributed by atoms with Gasteiger partial charge in [-0.2, -0.15) is 0 Å². The summed E-state index contributed by atoms with van der Waals surface area (Å²) in [7, 11) is 9.66. The Morgan fingerprint density at radius 3 is 2.17 bits per heavy atom. The number of hydrogen-bond donors (Lipinski definition) is 0. The monoisotopic (exact) mass is 584 g/mol. The lowest BCUT2D eigenvalue weighted by atomic mass is 9.71. The SMILES string of the molecule is C=C(C)C1CCC(C)=CC1c1c(OC)cc(CCCCC)cc1C(C)CC.CC(=O)CCN(C)C.CN(C)CCC=O. The molecule has 0 N–H and O–H groups in total. The topological polar surface area (TPSA) is 49.9 Å². The number of ketones is 1. The van der Waals surface area contributed by atoms with Crippen molar-refractivity contribution in [2.75, 3.05) is 48.4 Å². The molecule has 5 heteroatoms. The van der Waals surface area contributed by atoms with Gasteiger partial charge in [0.15, 0.2) is 0 Å². The minimum atomic E-state index is 0.263. The van der Waals surface area contributed by atoms with Crippen LogP contribution in [0.3, 0.4) is 0 Å². The van der Waals surface area contributed by atoms with Gasteiger partial charge in [-0.1, -0.05) is 63.5 Å². The summed E-state index contributed by atoms with van der Waals surface area (Å²) in [6, 6.07) is 4.79. The molecule has 0 heterocycles. The number of benzene rings is 1. The molecule has 0 radical (unpaired) electrons. The van der Waals surface area contributed by atoms with Gasteiger partial charge in [0, 0.05) is 37.4 Å². The van der Waals surface area contributed by atoms with E-state index in [2.05, 4.69) is 59.4 Å². The van der Waals surface area contributed by atoms with Crippen LogP contribution in [0.1, 0.15) is 121 Å². The lowest BCUT2D eigenvalue weighted by Gasteiger charge is -2.34. The first-order valence-electron chi connectivity index (χ1n) is 16.1. The molecule has 3 atom stereocenters. The maximum atomic E-state index is 10.3. The number of Topliss-reactive ketones (excluding diaryl/α,β-unsaturated/α-hetero) is 1. The van der Waals surface area contributed by atoms with Crippen molar-refractivity contribution in [2.24, 2.45) is 5.92 Å². The van der Waals surface area contributed by atoms with E-state index in [0.717, 1.165) is 38.0 Å². The Bertz CT molecular complexity index is 964. The van der Waals surface area contributed by atoms with Gasteiger partial charge in [-0.15, -0.1) is 0 Å². The molecular weight excluding hydrogens is 520 g/mol. The second-order valence-corrected chi connectivity index (χ2v) is 12.6. The molecular formula is C37H64N2O3. The average molecular weight is 585 g/mol. The first-order chi connectivity index (χ1) is 19.8. The van der Waals surface area contributed by atoms with Crippen LogP contribution in [0, 0.1) is 5.92 Å². The fraction of sp³-hybridized carbons (Fsp3) is 0.676. The van der Waals surface area contributed by atoms with Gasteiger partial charge in [0.05, 0.1) is 7.11 Å². The van der Waals surface area contributed by atoms with Crippen LogP contribution in [0.5, 0.6) is 5.75 Å². The molecule has 0 saturated heterocycles. The van der Waals surface area contributed by atoms with Gasteiger partial charge in [0.25, 0.3) is 0 Å². The minimum Gasteiger partial charge on any atom is -0.496 e. The van der Waals surface area contributed by atoms with Crippen LogP contribution in [-0.2, 0) is 16.0 Å². The molecule has 0 aliphatic heterocycles. The summed E-state index contributed by atoms with van der Waals surface area (Å²) in [6.07, 6.45) is 13.2. The van der Waals surface area contributed by atoms with Crippen LogP contribution in [0.4, 0.5) is 0 Å². The predicted molar refractivity (Wildman–Crippen MR) is 182 cm³/mol. The number of carbonyl (C=O) groups excluding carboxylic acids is 2. The van der Waals surface area contributed by atoms with Crippen molar-refractivity contribution in [3.63, 3.8) is 0 Å². The molecule has 0 saturated carbocycles. The second-order valence-electron chi connectivity index (χ2n) is 12.6. The third kappa shape index (κ3) is 15.8. The first kappa shape index (κ1) is 39.8. The highest BCUT2D eigenvalue weighted by Crippen LogP contribution is 2.46. The predicted octanol–water partition coefficient (Wildman–Crippen LogP) is 8.62. The van der Waals surface area contributed by atoms with Crippen molar-refractivity contribution in [1.82, 2.24) is 9.80 Å². The lowest BCUT2D eigenvalue weighted by Crippen LogP contribution is -2.20. The fourth-order valence-corrected chi connectivity index (χ4v) is 5.18. The number of methoxy groups -OCH3 is 1. The summed E-state index contributed by atoms with van der Waals surface area (Å²) < 4.78 is 5.99. The van der Waals surface area contributed by atoms with Crippen LogP contribution in [0.2, 0.25) is 0 Å². The zero-order chi connectivity index (χ0) is 32.2. The van der Waals surface area contributed by atoms with Crippen molar-refractivity contribution in [3.05, 3.63) is 52.6 Å². The molecule has 0 aromatic heterocycles. The highest BCUT2D eigenvalue weighted by molar-refractivity contribution is 5.75. The van der Waals surface area contributed by atoms with E-state index in [9.17, 15) is 9.59 Å². The third-order valence-corrected chi connectivity index (χ3v) is 7.98. The Kier molecular flexibility index (Phi) is 21.1. The Labute approximate surface area is 259 Å². The van der Waals surface area contributed by atoms with Crippen molar-refractivity contribution in [1.29, 1.82) is 0 Å². The Morgan fingerprint density at radius 1 is 1.10 bits per heavy atom. The van der Waals surface area contributed by atoms with Crippen molar-refractivity contribution in [3.8, 4) is 5.75 Å². The van der Waals surface area contributed by atoms with Crippen LogP contribution >= 0.6 is 0 Å². The largest absolute Gasteiger partial charge is 0.496 e. The Morgan fingerprint density at radius 2 is 1.74 bits per heavy atom. The molecule has 0 bridgehead atoms. The van der Waals surface area contributed by atoms with Crippen LogP contribution in [0.15, 0.2) is 35.9 Å². The van der Waals surface area contributed by atoms with Crippen LogP contribution in [-0.4, -0.2) is 70.3 Å². The van der Waals surface area contributed by atoms with Crippen molar-refractivity contribution in [2.45, 2.75) is 111 Å². The standard InChI is InChI=1S/C26H40O.C6H13NO.C5H11NO/c1-8-10-11-12-21-16-23(20(6)9-2)26(25(17-21)27-7)24-15-19(5)13-14-22(24)18(3)4;1-6(8)4-5-7(2)3;1-6(2)4-3-5-7/h15-17,20,22,24H,3,8-14H2,1-2,4-7H3;4-5H2,1-3H3;5H,3-4H2,1-2H3.